The highest BCUT2D eigenvalue weighted by molar-refractivity contribution is 7.99. The molecule has 0 aromatic heterocycles. The van der Waals surface area contributed by atoms with Crippen molar-refractivity contribution in [2.75, 3.05) is 26.5 Å². The van der Waals surface area contributed by atoms with Crippen LogP contribution in [0.1, 0.15) is 13.3 Å². The molecule has 0 saturated heterocycles. The van der Waals surface area contributed by atoms with E-state index in [4.69, 9.17) is 5.11 Å². The highest BCUT2D eigenvalue weighted by Gasteiger charge is 2.16. The molecule has 6 nitrogen and oxygen atoms in total. The Morgan fingerprint density at radius 3 is 2.53 bits per heavy atom. The van der Waals surface area contributed by atoms with Crippen LogP contribution in [0, 0.1) is 0 Å². The van der Waals surface area contributed by atoms with Gasteiger partial charge in [0, 0.05) is 18.9 Å². The van der Waals surface area contributed by atoms with E-state index in [1.165, 1.54) is 7.11 Å². The fraction of sp³-hybridized carbons (Fsp3) is 0.800. The zero-order valence-corrected chi connectivity index (χ0v) is 11.2. The zero-order valence-electron chi connectivity index (χ0n) is 10.4. The molecule has 0 aliphatic carbocycles. The summed E-state index contributed by atoms with van der Waals surface area (Å²) >= 11 is 1.73. The number of hydrogen-bond donors (Lipinski definition) is 3. The van der Waals surface area contributed by atoms with Gasteiger partial charge in [-0.15, -0.1) is 0 Å². The van der Waals surface area contributed by atoms with E-state index in [1.54, 1.807) is 11.8 Å². The molecule has 0 aliphatic rings. The molecule has 0 aromatic carbocycles. The Hall–Kier alpha value is -0.950. The summed E-state index contributed by atoms with van der Waals surface area (Å²) in [6.07, 6.45) is 1.88. The fourth-order valence-electron chi connectivity index (χ4n) is 1.03. The maximum absolute atomic E-state index is 11.3. The predicted octanol–water partition coefficient (Wildman–Crippen LogP) is 0.527. The lowest BCUT2D eigenvalue weighted by atomic mass is 10.3. The van der Waals surface area contributed by atoms with Gasteiger partial charge in [-0.05, 0) is 12.7 Å². The third-order valence-electron chi connectivity index (χ3n) is 2.25. The van der Waals surface area contributed by atoms with Gasteiger partial charge in [-0.3, -0.25) is 0 Å². The molecule has 0 rings (SSSR count). The van der Waals surface area contributed by atoms with Crippen LogP contribution in [-0.2, 0) is 9.53 Å². The summed E-state index contributed by atoms with van der Waals surface area (Å²) in [6, 6.07) is -0.374. The highest BCUT2D eigenvalue weighted by Crippen LogP contribution is 2.07. The Morgan fingerprint density at radius 1 is 1.41 bits per heavy atom. The zero-order chi connectivity index (χ0) is 13.3. The van der Waals surface area contributed by atoms with Crippen LogP contribution in [0.4, 0.5) is 4.79 Å². The second kappa shape index (κ2) is 9.12. The molecule has 2 amide bonds. The summed E-state index contributed by atoms with van der Waals surface area (Å²) in [5.41, 5.74) is 0. The molecule has 7 heteroatoms. The van der Waals surface area contributed by atoms with E-state index in [0.29, 0.717) is 11.8 Å². The Kier molecular flexibility index (Phi) is 8.61. The summed E-state index contributed by atoms with van der Waals surface area (Å²) in [6.45, 7) is 2.60. The molecule has 0 heterocycles. The minimum atomic E-state index is -1.09. The average molecular weight is 264 g/mol. The number of methoxy groups -OCH3 is 1. The summed E-state index contributed by atoms with van der Waals surface area (Å²) in [5.74, 6) is -1.09. The first-order chi connectivity index (χ1) is 8.01. The maximum atomic E-state index is 11.3. The van der Waals surface area contributed by atoms with Crippen molar-refractivity contribution < 1.29 is 19.4 Å². The lowest BCUT2D eigenvalue weighted by molar-refractivity contribution is -0.147. The van der Waals surface area contributed by atoms with E-state index in [1.807, 2.05) is 6.26 Å². The van der Waals surface area contributed by atoms with Crippen LogP contribution in [0.25, 0.3) is 0 Å². The topological polar surface area (TPSA) is 87.7 Å². The Labute approximate surface area is 105 Å². The van der Waals surface area contributed by atoms with Gasteiger partial charge < -0.3 is 20.5 Å². The summed E-state index contributed by atoms with van der Waals surface area (Å²) in [7, 11) is 1.29. The number of rotatable bonds is 8. The van der Waals surface area contributed by atoms with Crippen molar-refractivity contribution in [1.29, 1.82) is 0 Å². The van der Waals surface area contributed by atoms with E-state index in [9.17, 15) is 9.59 Å². The Bertz CT molecular complexity index is 250. The SMILES string of the molecule is COC(CNC(=O)NCCC(C)SC)C(=O)O. The lowest BCUT2D eigenvalue weighted by Gasteiger charge is -2.13. The van der Waals surface area contributed by atoms with E-state index in [2.05, 4.69) is 22.3 Å². The number of amides is 2. The number of hydrogen-bond acceptors (Lipinski definition) is 4. The van der Waals surface area contributed by atoms with Crippen molar-refractivity contribution in [3.63, 3.8) is 0 Å². The summed E-state index contributed by atoms with van der Waals surface area (Å²) < 4.78 is 4.68. The van der Waals surface area contributed by atoms with Crippen LogP contribution in [0.15, 0.2) is 0 Å². The molecule has 3 N–H and O–H groups in total. The van der Waals surface area contributed by atoms with Gasteiger partial charge in [-0.2, -0.15) is 11.8 Å². The Morgan fingerprint density at radius 2 is 2.06 bits per heavy atom. The van der Waals surface area contributed by atoms with Gasteiger partial charge in [0.1, 0.15) is 0 Å². The van der Waals surface area contributed by atoms with Gasteiger partial charge in [0.2, 0.25) is 0 Å². The number of ether oxygens (including phenoxy) is 1. The van der Waals surface area contributed by atoms with Crippen LogP contribution in [0.5, 0.6) is 0 Å². The van der Waals surface area contributed by atoms with Gasteiger partial charge >= 0.3 is 12.0 Å². The molecule has 0 aromatic rings. The average Bonchev–Trinajstić information content (AvgIpc) is 2.29. The molecule has 0 radical (unpaired) electrons. The first-order valence-electron chi connectivity index (χ1n) is 5.31. The normalized spacial score (nSPS) is 13.8. The Balaban J connectivity index is 3.69. The molecule has 0 fully saturated rings. The molecule has 17 heavy (non-hydrogen) atoms. The minimum Gasteiger partial charge on any atom is -0.479 e. The number of thioether (sulfide) groups is 1. The molecule has 2 unspecified atom stereocenters. The minimum absolute atomic E-state index is 0.0459. The van der Waals surface area contributed by atoms with Gasteiger partial charge in [-0.1, -0.05) is 6.92 Å². The van der Waals surface area contributed by atoms with E-state index in [-0.39, 0.29) is 12.6 Å². The number of carbonyl (C=O) groups is 2. The van der Waals surface area contributed by atoms with Crippen LogP contribution < -0.4 is 10.6 Å². The standard InChI is InChI=1S/C10H20N2O4S/c1-7(17-3)4-5-11-10(15)12-6-8(16-2)9(13)14/h7-8H,4-6H2,1-3H3,(H,13,14)(H2,11,12,15). The van der Waals surface area contributed by atoms with Crippen molar-refractivity contribution in [1.82, 2.24) is 10.6 Å². The third kappa shape index (κ3) is 7.87. The molecule has 0 saturated carbocycles. The van der Waals surface area contributed by atoms with Gasteiger partial charge in [0.25, 0.3) is 0 Å². The number of carbonyl (C=O) groups excluding carboxylic acids is 1. The van der Waals surface area contributed by atoms with Crippen molar-refractivity contribution in [3.05, 3.63) is 0 Å². The van der Waals surface area contributed by atoms with Crippen molar-refractivity contribution in [2.45, 2.75) is 24.7 Å². The molecule has 0 bridgehead atoms. The molecular formula is C10H20N2O4S. The highest BCUT2D eigenvalue weighted by atomic mass is 32.2. The van der Waals surface area contributed by atoms with E-state index < -0.39 is 12.1 Å². The van der Waals surface area contributed by atoms with Crippen LogP contribution in [0.2, 0.25) is 0 Å². The third-order valence-corrected chi connectivity index (χ3v) is 3.29. The van der Waals surface area contributed by atoms with Crippen LogP contribution >= 0.6 is 11.8 Å². The summed E-state index contributed by atoms with van der Waals surface area (Å²) in [4.78, 5) is 21.9. The second-order valence-electron chi connectivity index (χ2n) is 3.53. The number of carboxylic acids is 1. The predicted molar refractivity (Wildman–Crippen MR) is 67.4 cm³/mol. The molecular weight excluding hydrogens is 244 g/mol. The van der Waals surface area contributed by atoms with Crippen molar-refractivity contribution >= 4 is 23.8 Å². The summed E-state index contributed by atoms with van der Waals surface area (Å²) in [5, 5.41) is 14.3. The maximum Gasteiger partial charge on any atom is 0.334 e. The second-order valence-corrected chi connectivity index (χ2v) is 4.81. The molecule has 0 aliphatic heterocycles. The quantitative estimate of drug-likeness (QED) is 0.595. The number of nitrogens with one attached hydrogen (secondary N) is 2. The molecule has 0 spiro atoms. The molecule has 2 atom stereocenters. The van der Waals surface area contributed by atoms with E-state index >= 15 is 0 Å². The van der Waals surface area contributed by atoms with Gasteiger partial charge in [-0.25, -0.2) is 9.59 Å². The molecule has 100 valence electrons. The first kappa shape index (κ1) is 16.1. The number of carboxylic acid groups (broad SMARTS) is 1. The van der Waals surface area contributed by atoms with E-state index in [0.717, 1.165) is 6.42 Å². The smallest absolute Gasteiger partial charge is 0.334 e. The first-order valence-corrected chi connectivity index (χ1v) is 6.60. The lowest BCUT2D eigenvalue weighted by Crippen LogP contribution is -2.43. The van der Waals surface area contributed by atoms with Crippen LogP contribution in [-0.4, -0.2) is 54.9 Å². The van der Waals surface area contributed by atoms with Crippen molar-refractivity contribution in [3.8, 4) is 0 Å². The number of aliphatic carboxylic acids is 1. The van der Waals surface area contributed by atoms with Gasteiger partial charge in [0.05, 0.1) is 6.54 Å². The number of urea groups is 1. The monoisotopic (exact) mass is 264 g/mol. The largest absolute Gasteiger partial charge is 0.479 e. The van der Waals surface area contributed by atoms with Crippen molar-refractivity contribution in [2.24, 2.45) is 0 Å². The van der Waals surface area contributed by atoms with Crippen LogP contribution in [0.3, 0.4) is 0 Å². The van der Waals surface area contributed by atoms with Gasteiger partial charge in [0.15, 0.2) is 6.10 Å². The fourth-order valence-corrected chi connectivity index (χ4v) is 1.38.